The molecule has 15 rings (SSSR count). The van der Waals surface area contributed by atoms with Crippen LogP contribution in [0.25, 0.3) is 97.7 Å². The van der Waals surface area contributed by atoms with Crippen LogP contribution in [0.5, 0.6) is 0 Å². The Balaban J connectivity index is 1.31. The zero-order valence-electron chi connectivity index (χ0n) is 51.3. The van der Waals surface area contributed by atoms with Gasteiger partial charge in [-0.05, 0) is 187 Å². The minimum absolute atomic E-state index is 0.0617. The van der Waals surface area contributed by atoms with Gasteiger partial charge in [0, 0.05) is 65.8 Å². The molecule has 0 aliphatic rings. The first-order valence-corrected chi connectivity index (χ1v) is 30.2. The fraction of sp³-hybridized carbons (Fsp3) is 0.225. The van der Waals surface area contributed by atoms with Crippen LogP contribution in [0.3, 0.4) is 0 Å². The minimum atomic E-state index is -0.177. The van der Waals surface area contributed by atoms with Gasteiger partial charge in [0.25, 0.3) is 0 Å². The van der Waals surface area contributed by atoms with E-state index in [-0.39, 0.29) is 21.7 Å². The molecular formula is C80H74N4. The average Bonchev–Trinajstić information content (AvgIpc) is 1.50. The Morgan fingerprint density at radius 1 is 0.274 bits per heavy atom. The smallest absolute Gasteiger partial charge is 0.0812 e. The summed E-state index contributed by atoms with van der Waals surface area (Å²) in [5.41, 5.74) is 21.2. The van der Waals surface area contributed by atoms with Crippen molar-refractivity contribution < 1.29 is 0 Å². The number of aryl methyl sites for hydroxylation is 2. The van der Waals surface area contributed by atoms with Crippen LogP contribution in [-0.4, -0.2) is 8.80 Å². The normalized spacial score (nSPS) is 13.1. The minimum Gasteiger partial charge on any atom is -0.308 e. The number of benzene rings is 11. The number of nitrogens with zero attached hydrogens (tertiary/aromatic N) is 4. The highest BCUT2D eigenvalue weighted by atomic mass is 15.2. The van der Waals surface area contributed by atoms with Gasteiger partial charge in [0.1, 0.15) is 0 Å². The maximum absolute atomic E-state index is 2.71. The van der Waals surface area contributed by atoms with Gasteiger partial charge in [0.15, 0.2) is 0 Å². The standard InChI is InChI=1S/C80H74N4/c1-47-21-19-27-57(37-47)81(59-33-29-49-23-15-17-25-51(49)39-59)73-69-65-45-55(79(9,10)11)43-63-62-42-54(78(6,7)8)32-36-68(62)84(71(63)65)76(69)74(82(58-28-20-22-48(2)38-58)60-34-30-50-24-16-18-26-52(50)40-60)70-66-46-56(80(12,13)14)44-64-61-41-53(77(3,4)5)31-35-67(61)83(72(64)66)75(70)73/h15-46H,1-14H3. The summed E-state index contributed by atoms with van der Waals surface area (Å²) in [5, 5.41) is 14.9. The molecule has 4 aromatic heterocycles. The van der Waals surface area contributed by atoms with Gasteiger partial charge in [-0.3, -0.25) is 0 Å². The fourth-order valence-electron chi connectivity index (χ4n) is 14.0. The number of hydrogen-bond donors (Lipinski definition) is 0. The third-order valence-corrected chi connectivity index (χ3v) is 18.5. The zero-order valence-corrected chi connectivity index (χ0v) is 51.3. The third kappa shape index (κ3) is 7.78. The van der Waals surface area contributed by atoms with Crippen molar-refractivity contribution in [3.8, 4) is 0 Å². The summed E-state index contributed by atoms with van der Waals surface area (Å²) in [5.74, 6) is 0. The Morgan fingerprint density at radius 2 is 0.619 bits per heavy atom. The molecule has 4 nitrogen and oxygen atoms in total. The van der Waals surface area contributed by atoms with Gasteiger partial charge in [-0.2, -0.15) is 0 Å². The maximum atomic E-state index is 2.71. The Morgan fingerprint density at radius 3 is 0.988 bits per heavy atom. The molecule has 0 saturated carbocycles. The van der Waals surface area contributed by atoms with Gasteiger partial charge < -0.3 is 18.6 Å². The van der Waals surface area contributed by atoms with Crippen LogP contribution in [0.2, 0.25) is 0 Å². The molecule has 11 aromatic carbocycles. The van der Waals surface area contributed by atoms with Crippen LogP contribution in [0.4, 0.5) is 34.1 Å². The molecule has 4 heteroatoms. The van der Waals surface area contributed by atoms with E-state index in [1.54, 1.807) is 0 Å². The second-order valence-corrected chi connectivity index (χ2v) is 28.5. The summed E-state index contributed by atoms with van der Waals surface area (Å²) in [6, 6.07) is 75.3. The van der Waals surface area contributed by atoms with Crippen LogP contribution >= 0.6 is 0 Å². The zero-order chi connectivity index (χ0) is 58.3. The molecule has 0 N–H and O–H groups in total. The largest absolute Gasteiger partial charge is 0.308 e. The third-order valence-electron chi connectivity index (χ3n) is 18.5. The van der Waals surface area contributed by atoms with E-state index in [0.29, 0.717) is 0 Å². The molecule has 15 aromatic rings. The van der Waals surface area contributed by atoms with Gasteiger partial charge in [0.2, 0.25) is 0 Å². The molecule has 0 saturated heterocycles. The predicted molar refractivity (Wildman–Crippen MR) is 364 cm³/mol. The number of aromatic nitrogens is 2. The monoisotopic (exact) mass is 1090 g/mol. The predicted octanol–water partition coefficient (Wildman–Crippen LogP) is 23.0. The van der Waals surface area contributed by atoms with Gasteiger partial charge in [-0.1, -0.05) is 180 Å². The molecular weight excluding hydrogens is 1020 g/mol. The summed E-state index contributed by atoms with van der Waals surface area (Å²) in [4.78, 5) is 5.29. The average molecular weight is 1090 g/mol. The van der Waals surface area contributed by atoms with Crippen LogP contribution in [-0.2, 0) is 21.7 Å². The van der Waals surface area contributed by atoms with E-state index >= 15 is 0 Å². The first kappa shape index (κ1) is 52.0. The Bertz CT molecular complexity index is 4880. The summed E-state index contributed by atoms with van der Waals surface area (Å²) in [6.45, 7) is 32.9. The summed E-state index contributed by atoms with van der Waals surface area (Å²) < 4.78 is 5.41. The van der Waals surface area contributed by atoms with Crippen molar-refractivity contribution in [2.24, 2.45) is 0 Å². The van der Waals surface area contributed by atoms with Crippen molar-refractivity contribution in [2.45, 2.75) is 119 Å². The maximum Gasteiger partial charge on any atom is 0.0812 e. The summed E-state index contributed by atoms with van der Waals surface area (Å²) >= 11 is 0. The van der Waals surface area contributed by atoms with E-state index in [2.05, 4.69) is 310 Å². The second-order valence-electron chi connectivity index (χ2n) is 28.5. The quantitative estimate of drug-likeness (QED) is 0.154. The highest BCUT2D eigenvalue weighted by molar-refractivity contribution is 6.39. The van der Waals surface area contributed by atoms with Crippen molar-refractivity contribution in [1.82, 2.24) is 8.80 Å². The van der Waals surface area contributed by atoms with E-state index in [1.165, 1.54) is 131 Å². The van der Waals surface area contributed by atoms with E-state index in [9.17, 15) is 0 Å². The fourth-order valence-corrected chi connectivity index (χ4v) is 14.0. The molecule has 0 radical (unpaired) electrons. The van der Waals surface area contributed by atoms with E-state index in [1.807, 2.05) is 0 Å². The first-order chi connectivity index (χ1) is 40.0. The van der Waals surface area contributed by atoms with Crippen LogP contribution in [0.15, 0.2) is 194 Å². The van der Waals surface area contributed by atoms with Crippen molar-refractivity contribution in [1.29, 1.82) is 0 Å². The number of rotatable bonds is 6. The van der Waals surface area contributed by atoms with E-state index in [0.717, 1.165) is 34.1 Å². The lowest BCUT2D eigenvalue weighted by atomic mass is 9.83. The molecule has 0 aliphatic carbocycles. The molecule has 414 valence electrons. The molecule has 0 spiro atoms. The van der Waals surface area contributed by atoms with E-state index in [4.69, 9.17) is 0 Å². The Hall–Kier alpha value is -8.86. The van der Waals surface area contributed by atoms with Crippen LogP contribution < -0.4 is 9.80 Å². The van der Waals surface area contributed by atoms with Crippen LogP contribution in [0, 0.1) is 13.8 Å². The van der Waals surface area contributed by atoms with Crippen molar-refractivity contribution >= 4 is 132 Å². The van der Waals surface area contributed by atoms with Gasteiger partial charge in [-0.25, -0.2) is 0 Å². The van der Waals surface area contributed by atoms with Crippen molar-refractivity contribution in [3.63, 3.8) is 0 Å². The molecule has 0 bridgehead atoms. The highest BCUT2D eigenvalue weighted by Crippen LogP contribution is 2.59. The molecule has 0 fully saturated rings. The highest BCUT2D eigenvalue weighted by Gasteiger charge is 2.37. The van der Waals surface area contributed by atoms with Crippen molar-refractivity contribution in [3.05, 3.63) is 228 Å². The summed E-state index contributed by atoms with van der Waals surface area (Å²) in [7, 11) is 0. The molecule has 84 heavy (non-hydrogen) atoms. The lowest BCUT2D eigenvalue weighted by Gasteiger charge is -2.32. The lowest BCUT2D eigenvalue weighted by Crippen LogP contribution is -2.15. The van der Waals surface area contributed by atoms with E-state index < -0.39 is 0 Å². The molecule has 4 heterocycles. The molecule has 0 aliphatic heterocycles. The van der Waals surface area contributed by atoms with Gasteiger partial charge in [-0.15, -0.1) is 0 Å². The Labute approximate surface area is 493 Å². The van der Waals surface area contributed by atoms with Crippen molar-refractivity contribution in [2.75, 3.05) is 9.80 Å². The number of fused-ring (bicyclic) bond motifs is 14. The number of hydrogen-bond acceptors (Lipinski definition) is 2. The molecule has 0 amide bonds. The second kappa shape index (κ2) is 17.8. The summed E-state index contributed by atoms with van der Waals surface area (Å²) in [6.07, 6.45) is 0. The van der Waals surface area contributed by atoms with Gasteiger partial charge in [0.05, 0.1) is 44.5 Å². The molecule has 0 unspecified atom stereocenters. The first-order valence-electron chi connectivity index (χ1n) is 30.2. The molecule has 0 atom stereocenters. The lowest BCUT2D eigenvalue weighted by molar-refractivity contribution is 0.590. The number of anilines is 6. The Kier molecular flexibility index (Phi) is 11.0. The van der Waals surface area contributed by atoms with Gasteiger partial charge >= 0.3 is 0 Å². The topological polar surface area (TPSA) is 15.3 Å². The SMILES string of the molecule is Cc1cccc(N(c2ccc3ccccc3c2)c2c3c4cc(C(C)(C)C)cc5c6cc(C(C)(C)C)ccc6n(c3c(N(c3cccc(C)c3)c3ccc6ccccc6c3)c3c6cc(C(C)(C)C)cc7c8cc(C(C)(C)C)ccc8n(c23)c76)c54)c1. The van der Waals surface area contributed by atoms with Crippen LogP contribution in [0.1, 0.15) is 116 Å².